The van der Waals surface area contributed by atoms with Gasteiger partial charge in [-0.2, -0.15) is 0 Å². The summed E-state index contributed by atoms with van der Waals surface area (Å²) in [5, 5.41) is 2.93. The molecule has 0 aromatic rings. The van der Waals surface area contributed by atoms with Crippen molar-refractivity contribution in [1.82, 2.24) is 5.32 Å². The molecular formula is C13H26N2O3S. The summed E-state index contributed by atoms with van der Waals surface area (Å²) < 4.78 is 22.1. The molecule has 0 radical (unpaired) electrons. The van der Waals surface area contributed by atoms with Crippen LogP contribution in [0.5, 0.6) is 0 Å². The van der Waals surface area contributed by atoms with Crippen LogP contribution >= 0.6 is 0 Å². The van der Waals surface area contributed by atoms with Crippen LogP contribution in [-0.2, 0) is 14.6 Å². The zero-order valence-electron chi connectivity index (χ0n) is 12.1. The first-order chi connectivity index (χ1) is 8.59. The molecule has 0 aromatic heterocycles. The SMILES string of the molecule is CC1(C)CCC(NC(=O)C(N)CCS(C)(=O)=O)CC1. The van der Waals surface area contributed by atoms with E-state index in [1.165, 1.54) is 0 Å². The summed E-state index contributed by atoms with van der Waals surface area (Å²) in [4.78, 5) is 11.9. The third kappa shape index (κ3) is 6.38. The van der Waals surface area contributed by atoms with Crippen LogP contribution < -0.4 is 11.1 Å². The molecule has 1 amide bonds. The van der Waals surface area contributed by atoms with Crippen LogP contribution in [0.3, 0.4) is 0 Å². The van der Waals surface area contributed by atoms with Gasteiger partial charge in [-0.05, 0) is 37.5 Å². The van der Waals surface area contributed by atoms with Gasteiger partial charge in [0.15, 0.2) is 0 Å². The van der Waals surface area contributed by atoms with Crippen molar-refractivity contribution in [2.75, 3.05) is 12.0 Å². The molecule has 3 N–H and O–H groups in total. The van der Waals surface area contributed by atoms with Crippen LogP contribution in [-0.4, -0.2) is 38.4 Å². The molecule has 0 aliphatic heterocycles. The van der Waals surface area contributed by atoms with Crippen molar-refractivity contribution in [2.45, 2.75) is 58.0 Å². The van der Waals surface area contributed by atoms with Crippen molar-refractivity contribution in [3.63, 3.8) is 0 Å². The number of carbonyl (C=O) groups excluding carboxylic acids is 1. The van der Waals surface area contributed by atoms with Crippen LogP contribution in [0, 0.1) is 5.41 Å². The molecule has 0 heterocycles. The number of hydrogen-bond donors (Lipinski definition) is 2. The molecule has 0 aromatic carbocycles. The van der Waals surface area contributed by atoms with E-state index in [2.05, 4.69) is 19.2 Å². The monoisotopic (exact) mass is 290 g/mol. The van der Waals surface area contributed by atoms with E-state index in [-0.39, 0.29) is 24.1 Å². The lowest BCUT2D eigenvalue weighted by molar-refractivity contribution is -0.123. The van der Waals surface area contributed by atoms with Gasteiger partial charge in [0.05, 0.1) is 11.8 Å². The van der Waals surface area contributed by atoms with E-state index in [0.29, 0.717) is 5.41 Å². The number of nitrogens with two attached hydrogens (primary N) is 1. The maximum Gasteiger partial charge on any atom is 0.237 e. The van der Waals surface area contributed by atoms with Gasteiger partial charge in [0.25, 0.3) is 0 Å². The Morgan fingerprint density at radius 2 is 1.89 bits per heavy atom. The molecule has 1 aliphatic rings. The highest BCUT2D eigenvalue weighted by Gasteiger charge is 2.28. The molecule has 19 heavy (non-hydrogen) atoms. The molecule has 112 valence electrons. The van der Waals surface area contributed by atoms with Crippen LogP contribution in [0.25, 0.3) is 0 Å². The highest BCUT2D eigenvalue weighted by atomic mass is 32.2. The second-order valence-corrected chi connectivity index (χ2v) is 8.73. The van der Waals surface area contributed by atoms with Crippen LogP contribution in [0.2, 0.25) is 0 Å². The van der Waals surface area contributed by atoms with Crippen molar-refractivity contribution in [2.24, 2.45) is 11.1 Å². The van der Waals surface area contributed by atoms with Crippen LogP contribution in [0.1, 0.15) is 46.0 Å². The van der Waals surface area contributed by atoms with E-state index in [1.54, 1.807) is 0 Å². The Morgan fingerprint density at radius 1 is 1.37 bits per heavy atom. The quantitative estimate of drug-likeness (QED) is 0.785. The maximum atomic E-state index is 11.9. The largest absolute Gasteiger partial charge is 0.352 e. The van der Waals surface area contributed by atoms with Gasteiger partial charge < -0.3 is 11.1 Å². The number of amides is 1. The first-order valence-corrected chi connectivity index (χ1v) is 8.89. The standard InChI is InChI=1S/C13H26N2O3S/c1-13(2)7-4-10(5-8-13)15-12(16)11(14)6-9-19(3,17)18/h10-11H,4-9,14H2,1-3H3,(H,15,16). The van der Waals surface area contributed by atoms with Gasteiger partial charge in [-0.15, -0.1) is 0 Å². The molecule has 1 atom stereocenters. The molecular weight excluding hydrogens is 264 g/mol. The van der Waals surface area contributed by atoms with Gasteiger partial charge in [-0.1, -0.05) is 13.8 Å². The van der Waals surface area contributed by atoms with Crippen LogP contribution in [0.4, 0.5) is 0 Å². The third-order valence-corrected chi connectivity index (χ3v) is 4.80. The Hall–Kier alpha value is -0.620. The van der Waals surface area contributed by atoms with Crippen molar-refractivity contribution in [3.05, 3.63) is 0 Å². The summed E-state index contributed by atoms with van der Waals surface area (Å²) in [6.07, 6.45) is 5.46. The Kier molecular flexibility index (Phi) is 5.38. The van der Waals surface area contributed by atoms with E-state index in [1.807, 2.05) is 0 Å². The second kappa shape index (κ2) is 6.22. The Morgan fingerprint density at radius 3 is 2.37 bits per heavy atom. The minimum Gasteiger partial charge on any atom is -0.352 e. The average Bonchev–Trinajstić information content (AvgIpc) is 2.27. The highest BCUT2D eigenvalue weighted by Crippen LogP contribution is 2.34. The zero-order chi connectivity index (χ0) is 14.7. The topological polar surface area (TPSA) is 89.3 Å². The van der Waals surface area contributed by atoms with E-state index in [0.717, 1.165) is 31.9 Å². The van der Waals surface area contributed by atoms with Crippen molar-refractivity contribution < 1.29 is 13.2 Å². The summed E-state index contributed by atoms with van der Waals surface area (Å²) in [6.45, 7) is 4.48. The molecule has 5 nitrogen and oxygen atoms in total. The first kappa shape index (κ1) is 16.4. The summed E-state index contributed by atoms with van der Waals surface area (Å²) >= 11 is 0. The molecule has 0 saturated heterocycles. The lowest BCUT2D eigenvalue weighted by Crippen LogP contribution is -2.47. The molecule has 0 spiro atoms. The first-order valence-electron chi connectivity index (χ1n) is 6.83. The molecule has 1 fully saturated rings. The summed E-state index contributed by atoms with van der Waals surface area (Å²) in [5.74, 6) is -0.271. The van der Waals surface area contributed by atoms with Gasteiger partial charge in [-0.25, -0.2) is 8.42 Å². The predicted molar refractivity (Wildman–Crippen MR) is 76.5 cm³/mol. The molecule has 0 bridgehead atoms. The fraction of sp³-hybridized carbons (Fsp3) is 0.923. The van der Waals surface area contributed by atoms with Gasteiger partial charge in [-0.3, -0.25) is 4.79 Å². The van der Waals surface area contributed by atoms with E-state index < -0.39 is 15.9 Å². The van der Waals surface area contributed by atoms with Crippen molar-refractivity contribution >= 4 is 15.7 Å². The molecule has 1 rings (SSSR count). The van der Waals surface area contributed by atoms with Gasteiger partial charge >= 0.3 is 0 Å². The van der Waals surface area contributed by atoms with Gasteiger partial charge in [0.1, 0.15) is 9.84 Å². The number of rotatable bonds is 5. The smallest absolute Gasteiger partial charge is 0.237 e. The molecule has 1 aliphatic carbocycles. The number of nitrogens with one attached hydrogen (secondary N) is 1. The fourth-order valence-corrected chi connectivity index (χ4v) is 3.01. The fourth-order valence-electron chi connectivity index (χ4n) is 2.32. The predicted octanol–water partition coefficient (Wildman–Crippen LogP) is 0.833. The minimum absolute atomic E-state index is 0.0424. The summed E-state index contributed by atoms with van der Waals surface area (Å²) in [6, 6.07) is -0.547. The van der Waals surface area contributed by atoms with Crippen molar-refractivity contribution in [3.8, 4) is 0 Å². The van der Waals surface area contributed by atoms with Gasteiger partial charge in [0.2, 0.25) is 5.91 Å². The number of hydrogen-bond acceptors (Lipinski definition) is 4. The highest BCUT2D eigenvalue weighted by molar-refractivity contribution is 7.90. The Labute approximate surface area is 116 Å². The maximum absolute atomic E-state index is 11.9. The summed E-state index contributed by atoms with van der Waals surface area (Å²) in [5.41, 5.74) is 6.08. The average molecular weight is 290 g/mol. The van der Waals surface area contributed by atoms with Gasteiger partial charge in [0, 0.05) is 12.3 Å². The molecule has 6 heteroatoms. The minimum atomic E-state index is -3.06. The third-order valence-electron chi connectivity index (χ3n) is 3.82. The second-order valence-electron chi connectivity index (χ2n) is 6.47. The number of carbonyl (C=O) groups is 1. The lowest BCUT2D eigenvalue weighted by atomic mass is 9.75. The van der Waals surface area contributed by atoms with Crippen LogP contribution in [0.15, 0.2) is 0 Å². The van der Waals surface area contributed by atoms with E-state index >= 15 is 0 Å². The Bertz CT molecular complexity index is 408. The normalized spacial score (nSPS) is 21.9. The summed E-state index contributed by atoms with van der Waals surface area (Å²) in [7, 11) is -3.06. The lowest BCUT2D eigenvalue weighted by Gasteiger charge is -2.35. The zero-order valence-corrected chi connectivity index (χ0v) is 12.9. The van der Waals surface area contributed by atoms with E-state index in [4.69, 9.17) is 5.73 Å². The van der Waals surface area contributed by atoms with Crippen molar-refractivity contribution in [1.29, 1.82) is 0 Å². The molecule has 1 unspecified atom stereocenters. The molecule has 1 saturated carbocycles. The number of sulfone groups is 1. The van der Waals surface area contributed by atoms with E-state index in [9.17, 15) is 13.2 Å². The Balaban J connectivity index is 2.35.